The van der Waals surface area contributed by atoms with E-state index in [-0.39, 0.29) is 0 Å². The molecule has 0 saturated carbocycles. The van der Waals surface area contributed by atoms with Crippen LogP contribution in [0, 0.1) is 13.8 Å². The van der Waals surface area contributed by atoms with Crippen LogP contribution in [-0.2, 0) is 0 Å². The Morgan fingerprint density at radius 3 is 1.77 bits per heavy atom. The molecule has 2 aromatic carbocycles. The van der Waals surface area contributed by atoms with Gasteiger partial charge in [0, 0.05) is 11.4 Å². The standard InChI is InChI=1S/C20H29NS/c1-6-22(7-2,8-3)19-14-16(4)20(17(5)15-19)21-18-12-10-9-11-13-18/h9-15,21H,6-8H2,1-5H3. The van der Waals surface area contributed by atoms with Crippen molar-refractivity contribution in [2.75, 3.05) is 22.6 Å². The predicted molar refractivity (Wildman–Crippen MR) is 103 cm³/mol. The molecule has 0 spiro atoms. The normalized spacial score (nSPS) is 12.2. The smallest absolute Gasteiger partial charge is 0.0444 e. The summed E-state index contributed by atoms with van der Waals surface area (Å²) in [7, 11) is -0.651. The van der Waals surface area contributed by atoms with Crippen LogP contribution in [0.25, 0.3) is 0 Å². The Balaban J connectivity index is 2.41. The monoisotopic (exact) mass is 315 g/mol. The van der Waals surface area contributed by atoms with Crippen molar-refractivity contribution in [1.82, 2.24) is 0 Å². The van der Waals surface area contributed by atoms with Crippen LogP contribution in [0.5, 0.6) is 0 Å². The minimum Gasteiger partial charge on any atom is -0.355 e. The number of anilines is 2. The minimum absolute atomic E-state index is 0.651. The lowest BCUT2D eigenvalue weighted by molar-refractivity contribution is 1.23. The molecule has 120 valence electrons. The fraction of sp³-hybridized carbons (Fsp3) is 0.400. The van der Waals surface area contributed by atoms with Gasteiger partial charge in [0.05, 0.1) is 0 Å². The Kier molecular flexibility index (Phi) is 5.57. The van der Waals surface area contributed by atoms with E-state index in [1.54, 1.807) is 4.90 Å². The third kappa shape index (κ3) is 3.33. The molecule has 0 aliphatic heterocycles. The number of nitrogens with one attached hydrogen (secondary N) is 1. The fourth-order valence-corrected chi connectivity index (χ4v) is 6.23. The average Bonchev–Trinajstić information content (AvgIpc) is 2.54. The summed E-state index contributed by atoms with van der Waals surface area (Å²) in [5, 5.41) is 3.58. The van der Waals surface area contributed by atoms with E-state index in [1.807, 2.05) is 0 Å². The summed E-state index contributed by atoms with van der Waals surface area (Å²) >= 11 is 0. The first kappa shape index (κ1) is 17.0. The van der Waals surface area contributed by atoms with E-state index >= 15 is 0 Å². The number of aryl methyl sites for hydroxylation is 2. The lowest BCUT2D eigenvalue weighted by Gasteiger charge is -2.38. The molecule has 0 heterocycles. The molecule has 22 heavy (non-hydrogen) atoms. The van der Waals surface area contributed by atoms with Gasteiger partial charge in [-0.2, -0.15) is 0 Å². The lowest BCUT2D eigenvalue weighted by atomic mass is 10.1. The van der Waals surface area contributed by atoms with Crippen molar-refractivity contribution in [3.8, 4) is 0 Å². The first-order chi connectivity index (χ1) is 10.6. The van der Waals surface area contributed by atoms with Crippen LogP contribution < -0.4 is 5.32 Å². The van der Waals surface area contributed by atoms with Gasteiger partial charge in [0.15, 0.2) is 0 Å². The molecule has 2 rings (SSSR count). The molecular weight excluding hydrogens is 286 g/mol. The number of para-hydroxylation sites is 1. The molecule has 0 aliphatic rings. The molecule has 1 nitrogen and oxygen atoms in total. The predicted octanol–water partition coefficient (Wildman–Crippen LogP) is 6.27. The zero-order valence-electron chi connectivity index (χ0n) is 14.6. The second-order valence-electron chi connectivity index (χ2n) is 5.83. The van der Waals surface area contributed by atoms with Crippen LogP contribution in [0.4, 0.5) is 11.4 Å². The van der Waals surface area contributed by atoms with Gasteiger partial charge in [0.25, 0.3) is 0 Å². The third-order valence-corrected chi connectivity index (χ3v) is 9.26. The van der Waals surface area contributed by atoms with E-state index in [4.69, 9.17) is 0 Å². The van der Waals surface area contributed by atoms with E-state index in [9.17, 15) is 0 Å². The summed E-state index contributed by atoms with van der Waals surface area (Å²) in [6, 6.07) is 15.3. The Hall–Kier alpha value is -1.41. The molecule has 0 unspecified atom stereocenters. The summed E-state index contributed by atoms with van der Waals surface area (Å²) in [6.45, 7) is 11.5. The largest absolute Gasteiger partial charge is 0.355 e. The quantitative estimate of drug-likeness (QED) is 0.662. The first-order valence-electron chi connectivity index (χ1n) is 8.26. The summed E-state index contributed by atoms with van der Waals surface area (Å²) in [5.74, 6) is 3.85. The van der Waals surface area contributed by atoms with Crippen LogP contribution in [-0.4, -0.2) is 17.3 Å². The topological polar surface area (TPSA) is 12.0 Å². The Labute approximate surface area is 137 Å². The van der Waals surface area contributed by atoms with Crippen LogP contribution in [0.3, 0.4) is 0 Å². The molecule has 0 radical (unpaired) electrons. The van der Waals surface area contributed by atoms with Gasteiger partial charge in [-0.1, -0.05) is 39.0 Å². The molecule has 2 aromatic rings. The van der Waals surface area contributed by atoms with Gasteiger partial charge in [-0.05, 0) is 71.4 Å². The third-order valence-electron chi connectivity index (χ3n) is 4.71. The van der Waals surface area contributed by atoms with E-state index in [2.05, 4.69) is 82.4 Å². The maximum absolute atomic E-state index is 3.58. The van der Waals surface area contributed by atoms with Gasteiger partial charge in [-0.3, -0.25) is 0 Å². The Bertz CT molecular complexity index is 584. The van der Waals surface area contributed by atoms with Gasteiger partial charge in [0.1, 0.15) is 0 Å². The van der Waals surface area contributed by atoms with Crippen molar-refractivity contribution in [2.24, 2.45) is 0 Å². The van der Waals surface area contributed by atoms with Crippen LogP contribution >= 0.6 is 10.0 Å². The number of benzene rings is 2. The molecule has 0 atom stereocenters. The summed E-state index contributed by atoms with van der Waals surface area (Å²) < 4.78 is 0. The van der Waals surface area contributed by atoms with E-state index in [0.717, 1.165) is 5.69 Å². The van der Waals surface area contributed by atoms with Crippen LogP contribution in [0.1, 0.15) is 31.9 Å². The van der Waals surface area contributed by atoms with E-state index in [0.29, 0.717) is 0 Å². The molecular formula is C20H29NS. The van der Waals surface area contributed by atoms with Crippen molar-refractivity contribution in [2.45, 2.75) is 39.5 Å². The van der Waals surface area contributed by atoms with Gasteiger partial charge in [0.2, 0.25) is 0 Å². The van der Waals surface area contributed by atoms with Crippen LogP contribution in [0.15, 0.2) is 47.4 Å². The Morgan fingerprint density at radius 2 is 1.32 bits per heavy atom. The van der Waals surface area contributed by atoms with Crippen LogP contribution in [0.2, 0.25) is 0 Å². The molecule has 0 amide bonds. The Morgan fingerprint density at radius 1 is 0.818 bits per heavy atom. The highest BCUT2D eigenvalue weighted by Gasteiger charge is 2.21. The molecule has 0 saturated heterocycles. The first-order valence-corrected chi connectivity index (χ1v) is 10.4. The molecule has 2 heteroatoms. The summed E-state index contributed by atoms with van der Waals surface area (Å²) in [4.78, 5) is 1.58. The maximum atomic E-state index is 3.58. The van der Waals surface area contributed by atoms with Gasteiger partial charge >= 0.3 is 0 Å². The summed E-state index contributed by atoms with van der Waals surface area (Å²) in [6.07, 6.45) is 0. The molecule has 0 aliphatic carbocycles. The zero-order valence-corrected chi connectivity index (χ0v) is 15.4. The number of hydrogen-bond donors (Lipinski definition) is 1. The van der Waals surface area contributed by atoms with Crippen molar-refractivity contribution in [1.29, 1.82) is 0 Å². The second kappa shape index (κ2) is 7.23. The number of hydrogen-bond acceptors (Lipinski definition) is 1. The molecule has 0 aromatic heterocycles. The van der Waals surface area contributed by atoms with E-state index in [1.165, 1.54) is 34.1 Å². The molecule has 0 fully saturated rings. The highest BCUT2D eigenvalue weighted by Crippen LogP contribution is 2.55. The molecule has 0 bridgehead atoms. The summed E-state index contributed by atoms with van der Waals surface area (Å²) in [5.41, 5.74) is 5.12. The average molecular weight is 316 g/mol. The minimum atomic E-state index is -0.651. The fourth-order valence-electron chi connectivity index (χ4n) is 3.15. The van der Waals surface area contributed by atoms with Gasteiger partial charge < -0.3 is 5.32 Å². The lowest BCUT2D eigenvalue weighted by Crippen LogP contribution is -2.10. The highest BCUT2D eigenvalue weighted by molar-refractivity contribution is 8.33. The van der Waals surface area contributed by atoms with Crippen molar-refractivity contribution >= 4 is 21.4 Å². The van der Waals surface area contributed by atoms with Crippen molar-refractivity contribution in [3.05, 3.63) is 53.6 Å². The van der Waals surface area contributed by atoms with E-state index < -0.39 is 10.0 Å². The highest BCUT2D eigenvalue weighted by atomic mass is 32.3. The SMILES string of the molecule is CCS(CC)(CC)c1cc(C)c(Nc2ccccc2)c(C)c1. The van der Waals surface area contributed by atoms with Crippen molar-refractivity contribution in [3.63, 3.8) is 0 Å². The molecule has 1 N–H and O–H groups in total. The van der Waals surface area contributed by atoms with Crippen molar-refractivity contribution < 1.29 is 0 Å². The van der Waals surface area contributed by atoms with Gasteiger partial charge in [-0.15, -0.1) is 0 Å². The zero-order chi connectivity index (χ0) is 16.2. The maximum Gasteiger partial charge on any atom is 0.0444 e. The van der Waals surface area contributed by atoms with Gasteiger partial charge in [-0.25, -0.2) is 10.0 Å². The number of rotatable bonds is 6. The second-order valence-corrected chi connectivity index (χ2v) is 10.1.